The van der Waals surface area contributed by atoms with Gasteiger partial charge in [-0.15, -0.1) is 0 Å². The fraction of sp³-hybridized carbons (Fsp3) is 0.364. The van der Waals surface area contributed by atoms with Gasteiger partial charge in [0.2, 0.25) is 0 Å². The van der Waals surface area contributed by atoms with E-state index in [9.17, 15) is 4.79 Å². The van der Waals surface area contributed by atoms with Gasteiger partial charge in [0, 0.05) is 15.6 Å². The fourth-order valence-corrected chi connectivity index (χ4v) is 2.33. The third kappa shape index (κ3) is 1.93. The van der Waals surface area contributed by atoms with E-state index in [0.717, 1.165) is 31.2 Å². The normalized spacial score (nSPS) is 16.5. The molecule has 2 rings (SSSR count). The lowest BCUT2D eigenvalue weighted by atomic mass is 10.0. The number of rotatable bonds is 0. The molecule has 0 N–H and O–H groups in total. The third-order valence-electron chi connectivity index (χ3n) is 2.47. The summed E-state index contributed by atoms with van der Waals surface area (Å²) in [6.07, 6.45) is 3.99. The summed E-state index contributed by atoms with van der Waals surface area (Å²) in [6, 6.07) is 6.13. The van der Waals surface area contributed by atoms with Crippen molar-refractivity contribution in [2.45, 2.75) is 25.7 Å². The van der Waals surface area contributed by atoms with E-state index < -0.39 is 0 Å². The number of aryl methyl sites for hydroxylation is 1. The van der Waals surface area contributed by atoms with Gasteiger partial charge in [0.15, 0.2) is 5.78 Å². The molecule has 1 aliphatic rings. The van der Waals surface area contributed by atoms with Crippen molar-refractivity contribution in [2.75, 3.05) is 0 Å². The maximum Gasteiger partial charge on any atom is 0.163 e. The van der Waals surface area contributed by atoms with Crippen molar-refractivity contribution >= 4 is 28.4 Å². The van der Waals surface area contributed by atoms with Gasteiger partial charge < -0.3 is 0 Å². The Balaban J connectivity index is 2.48. The molecule has 13 heavy (non-hydrogen) atoms. The Morgan fingerprint density at radius 3 is 2.77 bits per heavy atom. The monoisotopic (exact) mass is 286 g/mol. The molecule has 1 nitrogen and oxygen atoms in total. The number of fused-ring (bicyclic) bond motifs is 1. The van der Waals surface area contributed by atoms with E-state index in [4.69, 9.17) is 0 Å². The van der Waals surface area contributed by atoms with Gasteiger partial charge in [-0.1, -0.05) is 6.07 Å². The molecule has 0 amide bonds. The van der Waals surface area contributed by atoms with E-state index in [1.54, 1.807) is 0 Å². The highest BCUT2D eigenvalue weighted by Gasteiger charge is 2.14. The second kappa shape index (κ2) is 3.78. The molecule has 1 aliphatic carbocycles. The molecule has 2 heteroatoms. The highest BCUT2D eigenvalue weighted by Crippen LogP contribution is 2.22. The number of Topliss-reactive ketones (excluding diaryl/α,β-unsaturated/α-hetero) is 1. The molecule has 0 aliphatic heterocycles. The van der Waals surface area contributed by atoms with Gasteiger partial charge in [0.05, 0.1) is 0 Å². The molecule has 68 valence electrons. The van der Waals surface area contributed by atoms with Gasteiger partial charge in [-0.25, -0.2) is 0 Å². The molecular formula is C11H11IO. The minimum absolute atomic E-state index is 0.323. The minimum atomic E-state index is 0.323. The first kappa shape index (κ1) is 9.19. The van der Waals surface area contributed by atoms with Gasteiger partial charge in [-0.2, -0.15) is 0 Å². The molecule has 0 bridgehead atoms. The Bertz CT molecular complexity index is 344. The number of benzene rings is 1. The quantitative estimate of drug-likeness (QED) is 0.529. The summed E-state index contributed by atoms with van der Waals surface area (Å²) in [6.45, 7) is 0. The molecule has 0 fully saturated rings. The van der Waals surface area contributed by atoms with Crippen molar-refractivity contribution in [2.24, 2.45) is 0 Å². The van der Waals surface area contributed by atoms with E-state index in [1.165, 1.54) is 9.13 Å². The number of hydrogen-bond donors (Lipinski definition) is 0. The molecule has 0 heterocycles. The van der Waals surface area contributed by atoms with Crippen molar-refractivity contribution in [1.82, 2.24) is 0 Å². The molecule has 0 spiro atoms. The predicted molar refractivity (Wildman–Crippen MR) is 61.0 cm³/mol. The van der Waals surface area contributed by atoms with E-state index in [1.807, 2.05) is 12.1 Å². The molecular weight excluding hydrogens is 275 g/mol. The van der Waals surface area contributed by atoms with Crippen molar-refractivity contribution in [3.63, 3.8) is 0 Å². The molecule has 1 aromatic rings. The molecule has 0 radical (unpaired) electrons. The first-order chi connectivity index (χ1) is 6.27. The lowest BCUT2D eigenvalue weighted by Crippen LogP contribution is -1.99. The first-order valence-electron chi connectivity index (χ1n) is 4.59. The zero-order valence-electron chi connectivity index (χ0n) is 7.35. The molecule has 1 aromatic carbocycles. The minimum Gasteiger partial charge on any atom is -0.294 e. The van der Waals surface area contributed by atoms with Crippen LogP contribution in [0.15, 0.2) is 18.2 Å². The lowest BCUT2D eigenvalue weighted by Gasteiger charge is -2.03. The van der Waals surface area contributed by atoms with Crippen LogP contribution in [-0.2, 0) is 6.42 Å². The number of carbonyl (C=O) groups is 1. The number of halogens is 1. The first-order valence-corrected chi connectivity index (χ1v) is 5.67. The van der Waals surface area contributed by atoms with E-state index in [2.05, 4.69) is 28.7 Å². The van der Waals surface area contributed by atoms with Crippen LogP contribution in [0, 0.1) is 3.57 Å². The van der Waals surface area contributed by atoms with Crippen LogP contribution in [0.5, 0.6) is 0 Å². The van der Waals surface area contributed by atoms with Gasteiger partial charge in [-0.3, -0.25) is 4.79 Å². The second-order valence-corrected chi connectivity index (χ2v) is 4.68. The highest BCUT2D eigenvalue weighted by molar-refractivity contribution is 14.1. The summed E-state index contributed by atoms with van der Waals surface area (Å²) >= 11 is 2.29. The van der Waals surface area contributed by atoms with Crippen molar-refractivity contribution in [1.29, 1.82) is 0 Å². The van der Waals surface area contributed by atoms with Gasteiger partial charge >= 0.3 is 0 Å². The number of hydrogen-bond acceptors (Lipinski definition) is 1. The molecule has 0 unspecified atom stereocenters. The highest BCUT2D eigenvalue weighted by atomic mass is 127. The van der Waals surface area contributed by atoms with Crippen LogP contribution < -0.4 is 0 Å². The van der Waals surface area contributed by atoms with Crippen LogP contribution in [0.1, 0.15) is 35.2 Å². The zero-order valence-corrected chi connectivity index (χ0v) is 9.50. The summed E-state index contributed by atoms with van der Waals surface area (Å²) in [4.78, 5) is 11.6. The van der Waals surface area contributed by atoms with Crippen LogP contribution in [0.3, 0.4) is 0 Å². The third-order valence-corrected chi connectivity index (χ3v) is 3.14. The van der Waals surface area contributed by atoms with Crippen LogP contribution >= 0.6 is 22.6 Å². The Kier molecular flexibility index (Phi) is 2.67. The summed E-state index contributed by atoms with van der Waals surface area (Å²) in [5.41, 5.74) is 2.20. The van der Waals surface area contributed by atoms with E-state index in [0.29, 0.717) is 5.78 Å². The smallest absolute Gasteiger partial charge is 0.163 e. The molecule has 0 aromatic heterocycles. The topological polar surface area (TPSA) is 17.1 Å². The average molecular weight is 286 g/mol. The Morgan fingerprint density at radius 2 is 1.92 bits per heavy atom. The zero-order chi connectivity index (χ0) is 9.26. The maximum atomic E-state index is 11.6. The van der Waals surface area contributed by atoms with E-state index >= 15 is 0 Å². The van der Waals surface area contributed by atoms with Crippen molar-refractivity contribution in [3.05, 3.63) is 32.9 Å². The Hall–Kier alpha value is -0.380. The van der Waals surface area contributed by atoms with Crippen LogP contribution in [0.2, 0.25) is 0 Å². The molecule has 0 saturated carbocycles. The largest absolute Gasteiger partial charge is 0.294 e. The fourth-order valence-electron chi connectivity index (χ4n) is 1.78. The summed E-state index contributed by atoms with van der Waals surface area (Å²) in [5, 5.41) is 0. The average Bonchev–Trinajstić information content (AvgIpc) is 2.28. The van der Waals surface area contributed by atoms with Gasteiger partial charge in [0.1, 0.15) is 0 Å². The van der Waals surface area contributed by atoms with E-state index in [-0.39, 0.29) is 0 Å². The van der Waals surface area contributed by atoms with Gasteiger partial charge in [-0.05, 0) is 59.5 Å². The summed E-state index contributed by atoms with van der Waals surface area (Å²) < 4.78 is 1.23. The Labute approximate surface area is 91.7 Å². The lowest BCUT2D eigenvalue weighted by molar-refractivity contribution is 0.0982. The maximum absolute atomic E-state index is 11.6. The summed E-state index contributed by atoms with van der Waals surface area (Å²) in [5.74, 6) is 0.323. The molecule has 0 saturated heterocycles. The van der Waals surface area contributed by atoms with Crippen molar-refractivity contribution < 1.29 is 4.79 Å². The number of carbonyl (C=O) groups excluding carboxylic acids is 1. The van der Waals surface area contributed by atoms with Crippen LogP contribution in [0.25, 0.3) is 0 Å². The molecule has 0 atom stereocenters. The van der Waals surface area contributed by atoms with Crippen molar-refractivity contribution in [3.8, 4) is 0 Å². The van der Waals surface area contributed by atoms with Gasteiger partial charge in [0.25, 0.3) is 0 Å². The second-order valence-electron chi connectivity index (χ2n) is 3.43. The SMILES string of the molecule is O=C1CCCCc2cc(I)ccc21. The Morgan fingerprint density at radius 1 is 1.15 bits per heavy atom. The van der Waals surface area contributed by atoms with Crippen LogP contribution in [0.4, 0.5) is 0 Å². The number of ketones is 1. The standard InChI is InChI=1S/C11H11IO/c12-9-5-6-10-8(7-9)3-1-2-4-11(10)13/h5-7H,1-4H2. The predicted octanol–water partition coefficient (Wildman–Crippen LogP) is 3.20. The summed E-state index contributed by atoms with van der Waals surface area (Å²) in [7, 11) is 0. The van der Waals surface area contributed by atoms with Crippen LogP contribution in [-0.4, -0.2) is 5.78 Å².